The summed E-state index contributed by atoms with van der Waals surface area (Å²) >= 11 is 0. The van der Waals surface area contributed by atoms with Gasteiger partial charge in [0.2, 0.25) is 0 Å². The number of nitrogens with two attached hydrogens (primary N) is 1. The molecule has 2 aromatic carbocycles. The molecule has 0 saturated carbocycles. The standard InChI is InChI=1S/C15H15N3O4/c1-9(19)11-4-2-3-5-13(11)17-15(20)10-6-7-12(16)14(8-10)18(21)22/h2-9,19H,16H2,1H3,(H,17,20). The first kappa shape index (κ1) is 15.5. The quantitative estimate of drug-likeness (QED) is 0.455. The van der Waals surface area contributed by atoms with Gasteiger partial charge < -0.3 is 16.2 Å². The smallest absolute Gasteiger partial charge is 0.292 e. The summed E-state index contributed by atoms with van der Waals surface area (Å²) in [7, 11) is 0. The molecule has 0 fully saturated rings. The molecule has 1 amide bonds. The Bertz CT molecular complexity index is 728. The van der Waals surface area contributed by atoms with E-state index in [9.17, 15) is 20.0 Å². The van der Waals surface area contributed by atoms with Crippen molar-refractivity contribution in [3.05, 3.63) is 63.7 Å². The number of anilines is 2. The van der Waals surface area contributed by atoms with E-state index in [4.69, 9.17) is 5.73 Å². The van der Waals surface area contributed by atoms with E-state index in [2.05, 4.69) is 5.32 Å². The van der Waals surface area contributed by atoms with Crippen LogP contribution >= 0.6 is 0 Å². The molecule has 22 heavy (non-hydrogen) atoms. The molecule has 0 spiro atoms. The molecule has 2 aromatic rings. The number of aliphatic hydroxyl groups excluding tert-OH is 1. The van der Waals surface area contributed by atoms with Gasteiger partial charge in [-0.25, -0.2) is 0 Å². The van der Waals surface area contributed by atoms with Crippen molar-refractivity contribution in [2.24, 2.45) is 0 Å². The number of nitro benzene ring substituents is 1. The van der Waals surface area contributed by atoms with Crippen LogP contribution in [0.2, 0.25) is 0 Å². The number of nitro groups is 1. The van der Waals surface area contributed by atoms with E-state index >= 15 is 0 Å². The number of hydrogen-bond donors (Lipinski definition) is 3. The highest BCUT2D eigenvalue weighted by atomic mass is 16.6. The summed E-state index contributed by atoms with van der Waals surface area (Å²) in [6.07, 6.45) is -0.753. The molecule has 0 bridgehead atoms. The van der Waals surface area contributed by atoms with E-state index in [0.717, 1.165) is 6.07 Å². The van der Waals surface area contributed by atoms with Crippen molar-refractivity contribution in [1.82, 2.24) is 0 Å². The fourth-order valence-electron chi connectivity index (χ4n) is 2.01. The first-order valence-corrected chi connectivity index (χ1v) is 6.52. The molecule has 4 N–H and O–H groups in total. The van der Waals surface area contributed by atoms with Crippen LogP contribution in [-0.2, 0) is 0 Å². The lowest BCUT2D eigenvalue weighted by atomic mass is 10.1. The largest absolute Gasteiger partial charge is 0.393 e. The molecule has 0 aromatic heterocycles. The van der Waals surface area contributed by atoms with Crippen molar-refractivity contribution in [2.75, 3.05) is 11.1 Å². The number of hydrogen-bond acceptors (Lipinski definition) is 5. The Kier molecular flexibility index (Phi) is 4.38. The predicted octanol–water partition coefficient (Wildman–Crippen LogP) is 2.48. The highest BCUT2D eigenvalue weighted by molar-refractivity contribution is 6.05. The lowest BCUT2D eigenvalue weighted by molar-refractivity contribution is -0.383. The predicted molar refractivity (Wildman–Crippen MR) is 82.5 cm³/mol. The molecule has 114 valence electrons. The van der Waals surface area contributed by atoms with Crippen molar-refractivity contribution >= 4 is 23.0 Å². The van der Waals surface area contributed by atoms with Crippen LogP contribution in [0.25, 0.3) is 0 Å². The maximum absolute atomic E-state index is 12.2. The Morgan fingerprint density at radius 1 is 1.32 bits per heavy atom. The van der Waals surface area contributed by atoms with E-state index in [0.29, 0.717) is 11.3 Å². The molecule has 0 saturated heterocycles. The van der Waals surface area contributed by atoms with Gasteiger partial charge in [-0.05, 0) is 25.1 Å². The average Bonchev–Trinajstić information content (AvgIpc) is 2.47. The number of nitrogen functional groups attached to an aromatic ring is 1. The van der Waals surface area contributed by atoms with Gasteiger partial charge in [0, 0.05) is 22.9 Å². The summed E-state index contributed by atoms with van der Waals surface area (Å²) in [6, 6.07) is 10.6. The number of benzene rings is 2. The van der Waals surface area contributed by atoms with Crippen molar-refractivity contribution in [1.29, 1.82) is 0 Å². The molecule has 0 aliphatic heterocycles. The van der Waals surface area contributed by atoms with Gasteiger partial charge in [-0.3, -0.25) is 14.9 Å². The van der Waals surface area contributed by atoms with Gasteiger partial charge in [-0.2, -0.15) is 0 Å². The topological polar surface area (TPSA) is 118 Å². The van der Waals surface area contributed by atoms with Crippen LogP contribution < -0.4 is 11.1 Å². The van der Waals surface area contributed by atoms with Crippen LogP contribution in [0.3, 0.4) is 0 Å². The molecular formula is C15H15N3O4. The van der Waals surface area contributed by atoms with Crippen LogP contribution in [0, 0.1) is 10.1 Å². The first-order chi connectivity index (χ1) is 10.4. The van der Waals surface area contributed by atoms with E-state index in [1.54, 1.807) is 31.2 Å². The molecule has 1 atom stereocenters. The van der Waals surface area contributed by atoms with Gasteiger partial charge in [-0.15, -0.1) is 0 Å². The van der Waals surface area contributed by atoms with Gasteiger partial charge in [0.15, 0.2) is 0 Å². The molecule has 1 unspecified atom stereocenters. The number of nitrogens with zero attached hydrogens (tertiary/aromatic N) is 1. The summed E-state index contributed by atoms with van der Waals surface area (Å²) in [5.41, 5.74) is 6.28. The third-order valence-corrected chi connectivity index (χ3v) is 3.15. The van der Waals surface area contributed by atoms with Crippen molar-refractivity contribution in [3.8, 4) is 0 Å². The van der Waals surface area contributed by atoms with Crippen LogP contribution in [-0.4, -0.2) is 15.9 Å². The number of nitrogens with one attached hydrogen (secondary N) is 1. The SMILES string of the molecule is CC(O)c1ccccc1NC(=O)c1ccc(N)c([N+](=O)[O-])c1. The number of carbonyl (C=O) groups is 1. The van der Waals surface area contributed by atoms with E-state index < -0.39 is 16.9 Å². The minimum Gasteiger partial charge on any atom is -0.393 e. The zero-order chi connectivity index (χ0) is 16.3. The Hall–Kier alpha value is -2.93. The second-order valence-electron chi connectivity index (χ2n) is 4.75. The number of amides is 1. The number of rotatable bonds is 4. The normalized spacial score (nSPS) is 11.7. The Labute approximate surface area is 126 Å². The van der Waals surface area contributed by atoms with Crippen molar-refractivity contribution < 1.29 is 14.8 Å². The monoisotopic (exact) mass is 301 g/mol. The maximum Gasteiger partial charge on any atom is 0.292 e. The molecule has 0 aliphatic rings. The minimum absolute atomic E-state index is 0.00840. The van der Waals surface area contributed by atoms with E-state index in [-0.39, 0.29) is 16.9 Å². The van der Waals surface area contributed by atoms with Gasteiger partial charge in [0.25, 0.3) is 11.6 Å². The Morgan fingerprint density at radius 3 is 2.64 bits per heavy atom. The fraction of sp³-hybridized carbons (Fsp3) is 0.133. The lowest BCUT2D eigenvalue weighted by Crippen LogP contribution is -2.14. The van der Waals surface area contributed by atoms with Crippen molar-refractivity contribution in [2.45, 2.75) is 13.0 Å². The Balaban J connectivity index is 2.31. The van der Waals surface area contributed by atoms with E-state index in [1.807, 2.05) is 0 Å². The lowest BCUT2D eigenvalue weighted by Gasteiger charge is -2.13. The summed E-state index contributed by atoms with van der Waals surface area (Å²) in [5, 5.41) is 23.2. The maximum atomic E-state index is 12.2. The van der Waals surface area contributed by atoms with Crippen LogP contribution in [0.5, 0.6) is 0 Å². The van der Waals surface area contributed by atoms with Gasteiger partial charge in [0.05, 0.1) is 11.0 Å². The van der Waals surface area contributed by atoms with Gasteiger partial charge in [-0.1, -0.05) is 18.2 Å². The Morgan fingerprint density at radius 2 is 2.00 bits per heavy atom. The van der Waals surface area contributed by atoms with Gasteiger partial charge >= 0.3 is 0 Å². The molecular weight excluding hydrogens is 286 g/mol. The highest BCUT2D eigenvalue weighted by Crippen LogP contribution is 2.25. The zero-order valence-corrected chi connectivity index (χ0v) is 11.8. The summed E-state index contributed by atoms with van der Waals surface area (Å²) in [6.45, 7) is 1.58. The summed E-state index contributed by atoms with van der Waals surface area (Å²) in [4.78, 5) is 22.4. The molecule has 7 nitrogen and oxygen atoms in total. The molecule has 0 heterocycles. The average molecular weight is 301 g/mol. The zero-order valence-electron chi connectivity index (χ0n) is 11.8. The minimum atomic E-state index is -0.753. The van der Waals surface area contributed by atoms with Crippen molar-refractivity contribution in [3.63, 3.8) is 0 Å². The first-order valence-electron chi connectivity index (χ1n) is 6.52. The third-order valence-electron chi connectivity index (χ3n) is 3.15. The fourth-order valence-corrected chi connectivity index (χ4v) is 2.01. The second kappa shape index (κ2) is 6.23. The third kappa shape index (κ3) is 3.21. The highest BCUT2D eigenvalue weighted by Gasteiger charge is 2.17. The molecule has 0 aliphatic carbocycles. The summed E-state index contributed by atoms with van der Waals surface area (Å²) < 4.78 is 0. The van der Waals surface area contributed by atoms with E-state index in [1.165, 1.54) is 12.1 Å². The molecule has 7 heteroatoms. The second-order valence-corrected chi connectivity index (χ2v) is 4.75. The molecule has 0 radical (unpaired) electrons. The van der Waals surface area contributed by atoms with Gasteiger partial charge in [0.1, 0.15) is 5.69 Å². The van der Waals surface area contributed by atoms with Crippen LogP contribution in [0.4, 0.5) is 17.1 Å². The molecule has 2 rings (SSSR count). The number of aliphatic hydroxyl groups is 1. The number of para-hydroxylation sites is 1. The van der Waals surface area contributed by atoms with Crippen LogP contribution in [0.15, 0.2) is 42.5 Å². The number of carbonyl (C=O) groups excluding carboxylic acids is 1. The summed E-state index contributed by atoms with van der Waals surface area (Å²) in [5.74, 6) is -0.517. The van der Waals surface area contributed by atoms with Crippen LogP contribution in [0.1, 0.15) is 28.9 Å².